The Bertz CT molecular complexity index is 743. The fourth-order valence-electron chi connectivity index (χ4n) is 1.65. The van der Waals surface area contributed by atoms with Crippen LogP contribution in [0.4, 0.5) is 17.1 Å². The van der Waals surface area contributed by atoms with Gasteiger partial charge in [0.15, 0.2) is 0 Å². The molecule has 106 valence electrons. The Hall–Kier alpha value is -1.47. The van der Waals surface area contributed by atoms with E-state index in [0.29, 0.717) is 21.4 Å². The fourth-order valence-corrected chi connectivity index (χ4v) is 2.77. The van der Waals surface area contributed by atoms with Crippen molar-refractivity contribution in [2.45, 2.75) is 4.90 Å². The highest BCUT2D eigenvalue weighted by Crippen LogP contribution is 2.27. The number of nitrogens with two attached hydrogens (primary N) is 2. The summed E-state index contributed by atoms with van der Waals surface area (Å²) in [5.74, 6) is 0. The van der Waals surface area contributed by atoms with Gasteiger partial charge in [0, 0.05) is 27.1 Å². The van der Waals surface area contributed by atoms with Gasteiger partial charge in [0.2, 0.25) is 10.0 Å². The Balaban J connectivity index is 2.41. The second-order valence-corrected chi connectivity index (χ2v) is 6.55. The highest BCUT2D eigenvalue weighted by atomic mass is 35.5. The van der Waals surface area contributed by atoms with Crippen LogP contribution in [0.3, 0.4) is 0 Å². The molecule has 8 heteroatoms. The summed E-state index contributed by atoms with van der Waals surface area (Å²) in [6.07, 6.45) is 0. The first-order valence-corrected chi connectivity index (χ1v) is 7.71. The molecule has 0 aromatic heterocycles. The van der Waals surface area contributed by atoms with Crippen LogP contribution in [0.1, 0.15) is 0 Å². The Kier molecular flexibility index (Phi) is 4.10. The molecule has 2 aromatic rings. The quantitative estimate of drug-likeness (QED) is 0.753. The molecule has 2 aromatic carbocycles. The van der Waals surface area contributed by atoms with E-state index in [1.807, 2.05) is 0 Å². The van der Waals surface area contributed by atoms with Crippen molar-refractivity contribution >= 4 is 50.3 Å². The molecule has 20 heavy (non-hydrogen) atoms. The minimum absolute atomic E-state index is 0.0758. The van der Waals surface area contributed by atoms with Crippen molar-refractivity contribution in [3.05, 3.63) is 46.4 Å². The standard InChI is InChI=1S/C12H11Cl2N3O2S/c13-7-1-8(14)3-10(2-7)17-11-4-9(15)5-12(6-11)20(16,18)19/h1-6,17H,15H2,(H2,16,18,19). The highest BCUT2D eigenvalue weighted by molar-refractivity contribution is 7.89. The second kappa shape index (κ2) is 5.49. The van der Waals surface area contributed by atoms with Crippen LogP contribution in [-0.4, -0.2) is 8.42 Å². The number of nitrogens with one attached hydrogen (secondary N) is 1. The maximum Gasteiger partial charge on any atom is 0.238 e. The molecule has 0 aliphatic rings. The summed E-state index contributed by atoms with van der Waals surface area (Å²) in [6, 6.07) is 9.11. The number of primary sulfonamides is 1. The Morgan fingerprint density at radius 1 is 0.900 bits per heavy atom. The van der Waals surface area contributed by atoms with Crippen molar-refractivity contribution in [1.82, 2.24) is 0 Å². The molecule has 0 fully saturated rings. The molecule has 0 atom stereocenters. The van der Waals surface area contributed by atoms with Gasteiger partial charge in [-0.15, -0.1) is 0 Å². The summed E-state index contributed by atoms with van der Waals surface area (Å²) in [5.41, 5.74) is 7.00. The molecule has 0 unspecified atom stereocenters. The summed E-state index contributed by atoms with van der Waals surface area (Å²) in [6.45, 7) is 0. The summed E-state index contributed by atoms with van der Waals surface area (Å²) < 4.78 is 22.7. The van der Waals surface area contributed by atoms with Crippen molar-refractivity contribution in [2.75, 3.05) is 11.1 Å². The van der Waals surface area contributed by atoms with Crippen molar-refractivity contribution in [3.8, 4) is 0 Å². The topological polar surface area (TPSA) is 98.2 Å². The van der Waals surface area contributed by atoms with Crippen LogP contribution in [-0.2, 0) is 10.0 Å². The Morgan fingerprint density at radius 2 is 1.45 bits per heavy atom. The van der Waals surface area contributed by atoms with Gasteiger partial charge in [-0.2, -0.15) is 0 Å². The molecule has 2 rings (SSSR count). The predicted octanol–water partition coefficient (Wildman–Crippen LogP) is 2.97. The first kappa shape index (κ1) is 14.9. The van der Waals surface area contributed by atoms with E-state index in [2.05, 4.69) is 5.32 Å². The summed E-state index contributed by atoms with van der Waals surface area (Å²) in [4.78, 5) is -0.0758. The minimum atomic E-state index is -3.83. The van der Waals surface area contributed by atoms with Crippen LogP contribution in [0.25, 0.3) is 0 Å². The zero-order valence-electron chi connectivity index (χ0n) is 10.1. The van der Waals surface area contributed by atoms with Gasteiger partial charge in [0.05, 0.1) is 4.90 Å². The number of nitrogen functional groups attached to an aromatic ring is 1. The van der Waals surface area contributed by atoms with Crippen LogP contribution in [0.2, 0.25) is 10.0 Å². The number of hydrogen-bond acceptors (Lipinski definition) is 4. The van der Waals surface area contributed by atoms with Gasteiger partial charge >= 0.3 is 0 Å². The van der Waals surface area contributed by atoms with Crippen molar-refractivity contribution in [2.24, 2.45) is 5.14 Å². The highest BCUT2D eigenvalue weighted by Gasteiger charge is 2.10. The van der Waals surface area contributed by atoms with Gasteiger partial charge in [-0.25, -0.2) is 13.6 Å². The SMILES string of the molecule is Nc1cc(Nc2cc(Cl)cc(Cl)c2)cc(S(N)(=O)=O)c1. The van der Waals surface area contributed by atoms with E-state index in [1.54, 1.807) is 24.3 Å². The minimum Gasteiger partial charge on any atom is -0.399 e. The first-order valence-electron chi connectivity index (χ1n) is 5.40. The molecule has 0 bridgehead atoms. The third-order valence-corrected chi connectivity index (χ3v) is 3.74. The van der Waals surface area contributed by atoms with Gasteiger partial charge in [0.1, 0.15) is 0 Å². The molecule has 5 nitrogen and oxygen atoms in total. The van der Waals surface area contributed by atoms with Crippen molar-refractivity contribution in [3.63, 3.8) is 0 Å². The number of halogens is 2. The predicted molar refractivity (Wildman–Crippen MR) is 82.0 cm³/mol. The lowest BCUT2D eigenvalue weighted by Gasteiger charge is -2.10. The number of benzene rings is 2. The third-order valence-electron chi connectivity index (χ3n) is 2.41. The molecule has 0 aliphatic heterocycles. The molecule has 0 aliphatic carbocycles. The van der Waals surface area contributed by atoms with E-state index in [-0.39, 0.29) is 10.6 Å². The second-order valence-electron chi connectivity index (χ2n) is 4.12. The van der Waals surface area contributed by atoms with Crippen molar-refractivity contribution in [1.29, 1.82) is 0 Å². The number of rotatable bonds is 3. The van der Waals surface area contributed by atoms with Gasteiger partial charge in [-0.1, -0.05) is 23.2 Å². The maximum atomic E-state index is 11.4. The van der Waals surface area contributed by atoms with Crippen LogP contribution in [0.15, 0.2) is 41.3 Å². The van der Waals surface area contributed by atoms with E-state index in [1.165, 1.54) is 12.1 Å². The molecule has 5 N–H and O–H groups in total. The lowest BCUT2D eigenvalue weighted by Crippen LogP contribution is -2.12. The number of anilines is 3. The summed E-state index contributed by atoms with van der Waals surface area (Å²) in [7, 11) is -3.83. The average molecular weight is 332 g/mol. The van der Waals surface area contributed by atoms with E-state index in [4.69, 9.17) is 34.1 Å². The first-order chi connectivity index (χ1) is 9.24. The van der Waals surface area contributed by atoms with E-state index in [9.17, 15) is 8.42 Å². The average Bonchev–Trinajstić information content (AvgIpc) is 2.25. The van der Waals surface area contributed by atoms with Gasteiger partial charge in [-0.3, -0.25) is 0 Å². The van der Waals surface area contributed by atoms with E-state index >= 15 is 0 Å². The van der Waals surface area contributed by atoms with Crippen LogP contribution < -0.4 is 16.2 Å². The van der Waals surface area contributed by atoms with Crippen molar-refractivity contribution < 1.29 is 8.42 Å². The van der Waals surface area contributed by atoms with Gasteiger partial charge in [-0.05, 0) is 36.4 Å². The largest absolute Gasteiger partial charge is 0.399 e. The summed E-state index contributed by atoms with van der Waals surface area (Å²) in [5, 5.41) is 8.96. The molecular formula is C12H11Cl2N3O2S. The lowest BCUT2D eigenvalue weighted by atomic mass is 10.2. The zero-order chi connectivity index (χ0) is 14.9. The molecule has 0 amide bonds. The van der Waals surface area contributed by atoms with Gasteiger partial charge in [0.25, 0.3) is 0 Å². The monoisotopic (exact) mass is 331 g/mol. The van der Waals surface area contributed by atoms with Gasteiger partial charge < -0.3 is 11.1 Å². The number of hydrogen-bond donors (Lipinski definition) is 3. The zero-order valence-corrected chi connectivity index (χ0v) is 12.4. The molecule has 0 spiro atoms. The molecule has 0 saturated carbocycles. The maximum absolute atomic E-state index is 11.4. The van der Waals surface area contributed by atoms with Crippen LogP contribution in [0, 0.1) is 0 Å². The van der Waals surface area contributed by atoms with E-state index in [0.717, 1.165) is 0 Å². The van der Waals surface area contributed by atoms with Crippen LogP contribution in [0.5, 0.6) is 0 Å². The lowest BCUT2D eigenvalue weighted by molar-refractivity contribution is 0.598. The third kappa shape index (κ3) is 3.77. The summed E-state index contributed by atoms with van der Waals surface area (Å²) >= 11 is 11.8. The number of sulfonamides is 1. The Labute approximate surface area is 126 Å². The smallest absolute Gasteiger partial charge is 0.238 e. The van der Waals surface area contributed by atoms with E-state index < -0.39 is 10.0 Å². The molecule has 0 heterocycles. The molecular weight excluding hydrogens is 321 g/mol. The molecule has 0 saturated heterocycles. The Morgan fingerprint density at radius 3 is 2.00 bits per heavy atom. The normalized spacial score (nSPS) is 11.3. The van der Waals surface area contributed by atoms with Crippen LogP contribution >= 0.6 is 23.2 Å². The fraction of sp³-hybridized carbons (Fsp3) is 0. The molecule has 0 radical (unpaired) electrons.